The van der Waals surface area contributed by atoms with Crippen LogP contribution in [0.5, 0.6) is 11.5 Å². The third kappa shape index (κ3) is 5.66. The van der Waals surface area contributed by atoms with Crippen LogP contribution in [0.25, 0.3) is 0 Å². The molecule has 0 fully saturated rings. The van der Waals surface area contributed by atoms with Gasteiger partial charge in [-0.15, -0.1) is 0 Å². The smallest absolute Gasteiger partial charge is 0.242 e. The number of rotatable bonds is 8. The van der Waals surface area contributed by atoms with Gasteiger partial charge in [-0.3, -0.25) is 9.59 Å². The summed E-state index contributed by atoms with van der Waals surface area (Å²) >= 11 is 6.10. The number of benzene rings is 2. The van der Waals surface area contributed by atoms with Crippen LogP contribution in [0.15, 0.2) is 42.5 Å². The molecule has 0 aromatic heterocycles. The lowest BCUT2D eigenvalue weighted by atomic mass is 10.1. The fourth-order valence-electron chi connectivity index (χ4n) is 3.31. The number of hydrogen-bond donors (Lipinski definition) is 1. The largest absolute Gasteiger partial charge is 0.454 e. The standard InChI is InChI=1S/C23H27ClN2O4/c1-15(2)25-23(28)16(3)26(13-18-5-4-6-19(24)11-18)22(27)10-8-17-7-9-20-21(12-17)30-14-29-20/h4-7,9,11-12,15-16H,8,10,13-14H2,1-3H3,(H,25,28). The number of fused-ring (bicyclic) bond motifs is 1. The summed E-state index contributed by atoms with van der Waals surface area (Å²) < 4.78 is 10.7. The first-order chi connectivity index (χ1) is 14.3. The van der Waals surface area contributed by atoms with E-state index < -0.39 is 6.04 Å². The van der Waals surface area contributed by atoms with Crippen LogP contribution in [0.4, 0.5) is 0 Å². The lowest BCUT2D eigenvalue weighted by molar-refractivity contribution is -0.140. The highest BCUT2D eigenvalue weighted by molar-refractivity contribution is 6.30. The molecule has 2 aromatic carbocycles. The normalized spacial score (nSPS) is 13.2. The Morgan fingerprint density at radius 2 is 1.83 bits per heavy atom. The van der Waals surface area contributed by atoms with Crippen LogP contribution in [0.1, 0.15) is 38.3 Å². The van der Waals surface area contributed by atoms with Crippen molar-refractivity contribution >= 4 is 23.4 Å². The number of hydrogen-bond acceptors (Lipinski definition) is 4. The third-order valence-electron chi connectivity index (χ3n) is 4.90. The molecule has 0 radical (unpaired) electrons. The minimum absolute atomic E-state index is 0.00305. The summed E-state index contributed by atoms with van der Waals surface area (Å²) in [6.07, 6.45) is 0.819. The van der Waals surface area contributed by atoms with Crippen LogP contribution in [0.3, 0.4) is 0 Å². The molecule has 160 valence electrons. The van der Waals surface area contributed by atoms with Crippen LogP contribution >= 0.6 is 11.6 Å². The van der Waals surface area contributed by atoms with Crippen molar-refractivity contribution in [3.05, 3.63) is 58.6 Å². The molecular weight excluding hydrogens is 404 g/mol. The average molecular weight is 431 g/mol. The zero-order valence-electron chi connectivity index (χ0n) is 17.5. The minimum Gasteiger partial charge on any atom is -0.454 e. The Kier molecular flexibility index (Phi) is 7.21. The van der Waals surface area contributed by atoms with Gasteiger partial charge in [0.15, 0.2) is 11.5 Å². The molecule has 0 aliphatic carbocycles. The molecule has 3 rings (SSSR count). The predicted octanol–water partition coefficient (Wildman–Crippen LogP) is 3.94. The highest BCUT2D eigenvalue weighted by Crippen LogP contribution is 2.32. The molecule has 1 aliphatic rings. The SMILES string of the molecule is CC(C)NC(=O)C(C)N(Cc1cccc(Cl)c1)C(=O)CCc1ccc2c(c1)OCO2. The summed E-state index contributed by atoms with van der Waals surface area (Å²) in [7, 11) is 0. The number of aryl methyl sites for hydroxylation is 1. The van der Waals surface area contributed by atoms with Crippen molar-refractivity contribution in [2.75, 3.05) is 6.79 Å². The number of ether oxygens (including phenoxy) is 2. The van der Waals surface area contributed by atoms with Crippen LogP contribution in [0.2, 0.25) is 5.02 Å². The van der Waals surface area contributed by atoms with E-state index in [1.807, 2.05) is 50.2 Å². The monoisotopic (exact) mass is 430 g/mol. The molecule has 1 N–H and O–H groups in total. The Balaban J connectivity index is 1.72. The zero-order chi connectivity index (χ0) is 21.7. The van der Waals surface area contributed by atoms with E-state index in [9.17, 15) is 9.59 Å². The van der Waals surface area contributed by atoms with Gasteiger partial charge in [-0.1, -0.05) is 29.8 Å². The topological polar surface area (TPSA) is 67.9 Å². The summed E-state index contributed by atoms with van der Waals surface area (Å²) in [5, 5.41) is 3.48. The van der Waals surface area contributed by atoms with Gasteiger partial charge in [0.25, 0.3) is 0 Å². The van der Waals surface area contributed by atoms with E-state index in [0.717, 1.165) is 11.1 Å². The molecular formula is C23H27ClN2O4. The van der Waals surface area contributed by atoms with Crippen molar-refractivity contribution in [1.29, 1.82) is 0 Å². The van der Waals surface area contributed by atoms with Gasteiger partial charge in [-0.05, 0) is 62.6 Å². The number of halogens is 1. The zero-order valence-corrected chi connectivity index (χ0v) is 18.2. The van der Waals surface area contributed by atoms with Gasteiger partial charge in [0.2, 0.25) is 18.6 Å². The van der Waals surface area contributed by atoms with Crippen molar-refractivity contribution in [2.24, 2.45) is 0 Å². The lowest BCUT2D eigenvalue weighted by Gasteiger charge is -2.29. The molecule has 2 aromatic rings. The van der Waals surface area contributed by atoms with Gasteiger partial charge in [0.05, 0.1) is 0 Å². The summed E-state index contributed by atoms with van der Waals surface area (Å²) in [5.74, 6) is 1.13. The first-order valence-electron chi connectivity index (χ1n) is 10.1. The van der Waals surface area contributed by atoms with Crippen molar-refractivity contribution in [3.8, 4) is 11.5 Å². The second-order valence-electron chi connectivity index (χ2n) is 7.68. The van der Waals surface area contributed by atoms with E-state index in [1.165, 1.54) is 0 Å². The second-order valence-corrected chi connectivity index (χ2v) is 8.11. The maximum atomic E-state index is 13.1. The summed E-state index contributed by atoms with van der Waals surface area (Å²) in [4.78, 5) is 27.3. The van der Waals surface area contributed by atoms with Gasteiger partial charge in [0, 0.05) is 24.0 Å². The fourth-order valence-corrected chi connectivity index (χ4v) is 3.52. The van der Waals surface area contributed by atoms with Gasteiger partial charge < -0.3 is 19.7 Å². The highest BCUT2D eigenvalue weighted by atomic mass is 35.5. The second kappa shape index (κ2) is 9.85. The minimum atomic E-state index is -0.601. The number of carbonyl (C=O) groups excluding carboxylic acids is 2. The van der Waals surface area contributed by atoms with Crippen molar-refractivity contribution in [3.63, 3.8) is 0 Å². The van der Waals surface area contributed by atoms with E-state index in [1.54, 1.807) is 17.9 Å². The van der Waals surface area contributed by atoms with Crippen molar-refractivity contribution < 1.29 is 19.1 Å². The first kappa shape index (κ1) is 22.0. The van der Waals surface area contributed by atoms with Crippen molar-refractivity contribution in [1.82, 2.24) is 10.2 Å². The Morgan fingerprint density at radius 1 is 1.07 bits per heavy atom. The molecule has 1 aliphatic heterocycles. The molecule has 0 saturated heterocycles. The van der Waals surface area contributed by atoms with E-state index in [0.29, 0.717) is 29.5 Å². The van der Waals surface area contributed by atoms with E-state index in [-0.39, 0.29) is 31.1 Å². The number of nitrogens with one attached hydrogen (secondary N) is 1. The number of nitrogens with zero attached hydrogens (tertiary/aromatic N) is 1. The van der Waals surface area contributed by atoms with Crippen LogP contribution in [-0.2, 0) is 22.6 Å². The third-order valence-corrected chi connectivity index (χ3v) is 5.14. The van der Waals surface area contributed by atoms with Gasteiger partial charge in [0.1, 0.15) is 6.04 Å². The Morgan fingerprint density at radius 3 is 2.57 bits per heavy atom. The highest BCUT2D eigenvalue weighted by Gasteiger charge is 2.26. The van der Waals surface area contributed by atoms with Gasteiger partial charge in [-0.25, -0.2) is 0 Å². The predicted molar refractivity (Wildman–Crippen MR) is 116 cm³/mol. The number of carbonyl (C=O) groups is 2. The molecule has 0 saturated carbocycles. The molecule has 0 spiro atoms. The molecule has 30 heavy (non-hydrogen) atoms. The quantitative estimate of drug-likeness (QED) is 0.688. The van der Waals surface area contributed by atoms with Gasteiger partial charge >= 0.3 is 0 Å². The molecule has 1 atom stereocenters. The van der Waals surface area contributed by atoms with Crippen LogP contribution in [0, 0.1) is 0 Å². The molecule has 1 heterocycles. The number of amides is 2. The Bertz CT molecular complexity index is 916. The average Bonchev–Trinajstić information content (AvgIpc) is 3.17. The molecule has 2 amide bonds. The maximum absolute atomic E-state index is 13.1. The van der Waals surface area contributed by atoms with Crippen molar-refractivity contribution in [2.45, 2.75) is 52.2 Å². The van der Waals surface area contributed by atoms with E-state index in [4.69, 9.17) is 21.1 Å². The van der Waals surface area contributed by atoms with Crippen LogP contribution < -0.4 is 14.8 Å². The van der Waals surface area contributed by atoms with E-state index in [2.05, 4.69) is 5.32 Å². The van der Waals surface area contributed by atoms with E-state index >= 15 is 0 Å². The summed E-state index contributed by atoms with van der Waals surface area (Å²) in [6, 6.07) is 12.4. The first-order valence-corrected chi connectivity index (χ1v) is 10.4. The Hall–Kier alpha value is -2.73. The summed E-state index contributed by atoms with van der Waals surface area (Å²) in [5.41, 5.74) is 1.86. The molecule has 0 bridgehead atoms. The van der Waals surface area contributed by atoms with Gasteiger partial charge in [-0.2, -0.15) is 0 Å². The molecule has 1 unspecified atom stereocenters. The fraction of sp³-hybridized carbons (Fsp3) is 0.391. The molecule has 7 heteroatoms. The maximum Gasteiger partial charge on any atom is 0.242 e. The summed E-state index contributed by atoms with van der Waals surface area (Å²) in [6.45, 7) is 6.07. The lowest BCUT2D eigenvalue weighted by Crippen LogP contribution is -2.49. The molecule has 6 nitrogen and oxygen atoms in total. The Labute approximate surface area is 182 Å². The van der Waals surface area contributed by atoms with Crippen LogP contribution in [-0.4, -0.2) is 35.6 Å².